The first-order valence-electron chi connectivity index (χ1n) is 6.74. The van der Waals surface area contributed by atoms with Crippen LogP contribution in [0.4, 0.5) is 5.69 Å². The average molecular weight is 251 g/mol. The van der Waals surface area contributed by atoms with Crippen molar-refractivity contribution in [2.24, 2.45) is 0 Å². The van der Waals surface area contributed by atoms with Crippen molar-refractivity contribution in [2.75, 3.05) is 25.6 Å². The Morgan fingerprint density at radius 2 is 1.89 bits per heavy atom. The molecule has 0 heterocycles. The largest absolute Gasteiger partial charge is 0.491 e. The van der Waals surface area contributed by atoms with Gasteiger partial charge in [-0.1, -0.05) is 19.8 Å². The van der Waals surface area contributed by atoms with Crippen LogP contribution in [0.15, 0.2) is 24.3 Å². The molecule has 102 valence electrons. The molecule has 0 aromatic heterocycles. The van der Waals surface area contributed by atoms with Crippen LogP contribution >= 0.6 is 0 Å². The molecule has 0 spiro atoms. The molecular weight excluding hydrogens is 226 g/mol. The molecule has 1 aromatic carbocycles. The molecule has 1 aromatic rings. The maximum atomic E-state index is 5.52. The Hall–Kier alpha value is -1.22. The first kappa shape index (κ1) is 14.8. The minimum absolute atomic E-state index is 0.519. The van der Waals surface area contributed by atoms with E-state index < -0.39 is 0 Å². The van der Waals surface area contributed by atoms with E-state index in [-0.39, 0.29) is 0 Å². The van der Waals surface area contributed by atoms with Gasteiger partial charge in [-0.15, -0.1) is 0 Å². The molecule has 0 radical (unpaired) electrons. The molecule has 0 aliphatic rings. The van der Waals surface area contributed by atoms with E-state index in [2.05, 4.69) is 31.3 Å². The first-order valence-corrected chi connectivity index (χ1v) is 6.74. The van der Waals surface area contributed by atoms with Gasteiger partial charge in [-0.3, -0.25) is 0 Å². The summed E-state index contributed by atoms with van der Waals surface area (Å²) in [5.74, 6) is 0.888. The minimum atomic E-state index is 0.519. The molecule has 0 aliphatic carbocycles. The SMILES string of the molecule is CCCCC(C)Nc1ccc(OCCOC)cc1. The lowest BCUT2D eigenvalue weighted by Gasteiger charge is -2.15. The lowest BCUT2D eigenvalue weighted by Crippen LogP contribution is -2.14. The molecule has 1 rings (SSSR count). The van der Waals surface area contributed by atoms with Gasteiger partial charge in [0.15, 0.2) is 0 Å². The van der Waals surface area contributed by atoms with Crippen LogP contribution < -0.4 is 10.1 Å². The summed E-state index contributed by atoms with van der Waals surface area (Å²) in [5, 5.41) is 3.49. The molecule has 0 bridgehead atoms. The fraction of sp³-hybridized carbons (Fsp3) is 0.600. The highest BCUT2D eigenvalue weighted by Crippen LogP contribution is 2.17. The Balaban J connectivity index is 2.35. The van der Waals surface area contributed by atoms with Crippen molar-refractivity contribution >= 4 is 5.69 Å². The van der Waals surface area contributed by atoms with E-state index in [1.54, 1.807) is 7.11 Å². The standard InChI is InChI=1S/C15H25NO2/c1-4-5-6-13(2)16-14-7-9-15(10-8-14)18-12-11-17-3/h7-10,13,16H,4-6,11-12H2,1-3H3. The predicted octanol–water partition coefficient (Wildman–Crippen LogP) is 3.70. The van der Waals surface area contributed by atoms with E-state index in [1.165, 1.54) is 19.3 Å². The molecule has 1 N–H and O–H groups in total. The Morgan fingerprint density at radius 1 is 1.17 bits per heavy atom. The van der Waals surface area contributed by atoms with Gasteiger partial charge in [0.2, 0.25) is 0 Å². The molecule has 0 saturated carbocycles. The zero-order valence-electron chi connectivity index (χ0n) is 11.7. The quantitative estimate of drug-likeness (QED) is 0.679. The summed E-state index contributed by atoms with van der Waals surface area (Å²) in [7, 11) is 1.67. The second-order valence-corrected chi connectivity index (χ2v) is 4.55. The smallest absolute Gasteiger partial charge is 0.119 e. The van der Waals surface area contributed by atoms with Crippen LogP contribution in [0.25, 0.3) is 0 Å². The second-order valence-electron chi connectivity index (χ2n) is 4.55. The van der Waals surface area contributed by atoms with Gasteiger partial charge in [0, 0.05) is 18.8 Å². The Morgan fingerprint density at radius 3 is 2.50 bits per heavy atom. The van der Waals surface area contributed by atoms with Crippen molar-refractivity contribution in [1.29, 1.82) is 0 Å². The van der Waals surface area contributed by atoms with Crippen LogP contribution in [0.5, 0.6) is 5.75 Å². The summed E-state index contributed by atoms with van der Waals surface area (Å²) in [5.41, 5.74) is 1.15. The van der Waals surface area contributed by atoms with Crippen molar-refractivity contribution in [3.63, 3.8) is 0 Å². The van der Waals surface area contributed by atoms with Crippen molar-refractivity contribution < 1.29 is 9.47 Å². The average Bonchev–Trinajstić information content (AvgIpc) is 2.39. The molecule has 1 atom stereocenters. The van der Waals surface area contributed by atoms with Crippen LogP contribution in [0, 0.1) is 0 Å². The lowest BCUT2D eigenvalue weighted by atomic mass is 10.1. The third-order valence-electron chi connectivity index (χ3n) is 2.81. The maximum absolute atomic E-state index is 5.52. The first-order chi connectivity index (χ1) is 8.76. The van der Waals surface area contributed by atoms with E-state index in [1.807, 2.05) is 12.1 Å². The highest BCUT2D eigenvalue weighted by molar-refractivity contribution is 5.46. The van der Waals surface area contributed by atoms with Gasteiger partial charge in [0.05, 0.1) is 6.61 Å². The Bertz CT molecular complexity index is 311. The third kappa shape index (κ3) is 5.92. The van der Waals surface area contributed by atoms with Gasteiger partial charge in [-0.05, 0) is 37.6 Å². The summed E-state index contributed by atoms with van der Waals surface area (Å²) in [6.07, 6.45) is 3.73. The number of ether oxygens (including phenoxy) is 2. The topological polar surface area (TPSA) is 30.5 Å². The van der Waals surface area contributed by atoms with Gasteiger partial charge in [0.1, 0.15) is 12.4 Å². The minimum Gasteiger partial charge on any atom is -0.491 e. The lowest BCUT2D eigenvalue weighted by molar-refractivity contribution is 0.146. The fourth-order valence-electron chi connectivity index (χ4n) is 1.76. The van der Waals surface area contributed by atoms with Crippen LogP contribution in [-0.2, 0) is 4.74 Å². The summed E-state index contributed by atoms with van der Waals surface area (Å²) in [4.78, 5) is 0. The number of hydrogen-bond acceptors (Lipinski definition) is 3. The second kappa shape index (κ2) is 8.81. The van der Waals surface area contributed by atoms with E-state index >= 15 is 0 Å². The Kier molecular flexibility index (Phi) is 7.26. The van der Waals surface area contributed by atoms with Crippen LogP contribution in [-0.4, -0.2) is 26.4 Å². The molecular formula is C15H25NO2. The highest BCUT2D eigenvalue weighted by atomic mass is 16.5. The van der Waals surface area contributed by atoms with Gasteiger partial charge in [-0.2, -0.15) is 0 Å². The molecule has 3 nitrogen and oxygen atoms in total. The van der Waals surface area contributed by atoms with Crippen molar-refractivity contribution in [2.45, 2.75) is 39.2 Å². The van der Waals surface area contributed by atoms with Crippen LogP contribution in [0.3, 0.4) is 0 Å². The number of nitrogens with one attached hydrogen (secondary N) is 1. The van der Waals surface area contributed by atoms with Gasteiger partial charge in [0.25, 0.3) is 0 Å². The normalized spacial score (nSPS) is 12.2. The van der Waals surface area contributed by atoms with E-state index in [9.17, 15) is 0 Å². The number of unbranched alkanes of at least 4 members (excludes halogenated alkanes) is 1. The molecule has 0 aliphatic heterocycles. The summed E-state index contributed by atoms with van der Waals surface area (Å²) >= 11 is 0. The van der Waals surface area contributed by atoms with Crippen LogP contribution in [0.2, 0.25) is 0 Å². The van der Waals surface area contributed by atoms with Crippen molar-refractivity contribution in [3.8, 4) is 5.75 Å². The fourth-order valence-corrected chi connectivity index (χ4v) is 1.76. The predicted molar refractivity (Wildman–Crippen MR) is 76.4 cm³/mol. The number of anilines is 1. The van der Waals surface area contributed by atoms with E-state index in [0.29, 0.717) is 19.3 Å². The monoisotopic (exact) mass is 251 g/mol. The number of methoxy groups -OCH3 is 1. The molecule has 0 saturated heterocycles. The number of benzene rings is 1. The Labute approximate surface area is 110 Å². The van der Waals surface area contributed by atoms with Gasteiger partial charge < -0.3 is 14.8 Å². The molecule has 1 unspecified atom stereocenters. The number of rotatable bonds is 9. The number of hydrogen-bond donors (Lipinski definition) is 1. The highest BCUT2D eigenvalue weighted by Gasteiger charge is 2.01. The zero-order chi connectivity index (χ0) is 13.2. The third-order valence-corrected chi connectivity index (χ3v) is 2.81. The van der Waals surface area contributed by atoms with Crippen LogP contribution in [0.1, 0.15) is 33.1 Å². The molecule has 0 amide bonds. The zero-order valence-corrected chi connectivity index (χ0v) is 11.7. The summed E-state index contributed by atoms with van der Waals surface area (Å²) in [6, 6.07) is 8.62. The van der Waals surface area contributed by atoms with E-state index in [0.717, 1.165) is 11.4 Å². The van der Waals surface area contributed by atoms with Crippen molar-refractivity contribution in [1.82, 2.24) is 0 Å². The molecule has 18 heavy (non-hydrogen) atoms. The summed E-state index contributed by atoms with van der Waals surface area (Å²) < 4.78 is 10.5. The van der Waals surface area contributed by atoms with Gasteiger partial charge >= 0.3 is 0 Å². The molecule has 3 heteroatoms. The molecule has 0 fully saturated rings. The van der Waals surface area contributed by atoms with Gasteiger partial charge in [-0.25, -0.2) is 0 Å². The maximum Gasteiger partial charge on any atom is 0.119 e. The van der Waals surface area contributed by atoms with Crippen molar-refractivity contribution in [3.05, 3.63) is 24.3 Å². The summed E-state index contributed by atoms with van der Waals surface area (Å²) in [6.45, 7) is 5.65. The van der Waals surface area contributed by atoms with E-state index in [4.69, 9.17) is 9.47 Å².